The molecule has 2 aromatic heterocycles. The summed E-state index contributed by atoms with van der Waals surface area (Å²) in [6, 6.07) is 3.59. The van der Waals surface area contributed by atoms with Gasteiger partial charge < -0.3 is 10.0 Å². The van der Waals surface area contributed by atoms with Crippen molar-refractivity contribution < 1.29 is 18.3 Å². The molecule has 7 nitrogen and oxygen atoms in total. The summed E-state index contributed by atoms with van der Waals surface area (Å²) in [6.07, 6.45) is -0.612. The van der Waals surface area contributed by atoms with E-state index in [-0.39, 0.29) is 24.3 Å². The number of aliphatic hydroxyl groups excluding tert-OH is 1. The summed E-state index contributed by atoms with van der Waals surface area (Å²) in [5, 5.41) is 20.5. The first-order chi connectivity index (χ1) is 12.5. The van der Waals surface area contributed by atoms with Gasteiger partial charge in [0.1, 0.15) is 5.82 Å². The molecule has 2 saturated heterocycles. The SMILES string of the molecule is OCC1CCCN1CC1CCCN1c1ccc2nnc(C(F)(F)F)n2n1. The Kier molecular flexibility index (Phi) is 4.47. The Morgan fingerprint density at radius 1 is 1.08 bits per heavy atom. The second-order valence-corrected chi connectivity index (χ2v) is 6.95. The maximum absolute atomic E-state index is 13.1. The number of aliphatic hydroxyl groups is 1. The summed E-state index contributed by atoms with van der Waals surface area (Å²) in [5.41, 5.74) is 0.0803. The van der Waals surface area contributed by atoms with E-state index in [2.05, 4.69) is 25.1 Å². The molecule has 4 rings (SSSR count). The number of likely N-dealkylation sites (tertiary alicyclic amines) is 1. The Hall–Kier alpha value is -1.94. The first-order valence-corrected chi connectivity index (χ1v) is 8.88. The van der Waals surface area contributed by atoms with E-state index in [1.165, 1.54) is 6.07 Å². The number of rotatable bonds is 4. The van der Waals surface area contributed by atoms with E-state index in [9.17, 15) is 18.3 Å². The minimum Gasteiger partial charge on any atom is -0.395 e. The van der Waals surface area contributed by atoms with Crippen molar-refractivity contribution in [3.8, 4) is 0 Å². The van der Waals surface area contributed by atoms with Gasteiger partial charge in [0, 0.05) is 25.2 Å². The minimum absolute atomic E-state index is 0.0803. The zero-order chi connectivity index (χ0) is 18.3. The molecule has 2 fully saturated rings. The third-order valence-electron chi connectivity index (χ3n) is 5.33. The molecule has 0 bridgehead atoms. The Morgan fingerprint density at radius 3 is 2.62 bits per heavy atom. The van der Waals surface area contributed by atoms with Crippen LogP contribution < -0.4 is 4.90 Å². The van der Waals surface area contributed by atoms with Crippen molar-refractivity contribution in [1.29, 1.82) is 0 Å². The number of anilines is 1. The fraction of sp³-hybridized carbons (Fsp3) is 0.688. The highest BCUT2D eigenvalue weighted by Gasteiger charge is 2.38. The van der Waals surface area contributed by atoms with Gasteiger partial charge in [0.15, 0.2) is 5.65 Å². The van der Waals surface area contributed by atoms with Gasteiger partial charge in [0.2, 0.25) is 0 Å². The highest BCUT2D eigenvalue weighted by molar-refractivity contribution is 5.47. The van der Waals surface area contributed by atoms with E-state index in [4.69, 9.17) is 0 Å². The Morgan fingerprint density at radius 2 is 1.85 bits per heavy atom. The van der Waals surface area contributed by atoms with Crippen LogP contribution in [0.5, 0.6) is 0 Å². The molecule has 26 heavy (non-hydrogen) atoms. The summed E-state index contributed by atoms with van der Waals surface area (Å²) in [6.45, 7) is 2.64. The van der Waals surface area contributed by atoms with Crippen molar-refractivity contribution in [2.75, 3.05) is 31.1 Å². The smallest absolute Gasteiger partial charge is 0.395 e. The van der Waals surface area contributed by atoms with Gasteiger partial charge in [-0.3, -0.25) is 4.90 Å². The largest absolute Gasteiger partial charge is 0.453 e. The maximum atomic E-state index is 13.1. The molecule has 2 aromatic rings. The molecule has 1 N–H and O–H groups in total. The molecule has 10 heteroatoms. The third kappa shape index (κ3) is 3.11. The van der Waals surface area contributed by atoms with Crippen LogP contribution in [-0.2, 0) is 6.18 Å². The molecular formula is C16H21F3N6O. The fourth-order valence-electron chi connectivity index (χ4n) is 4.05. The Labute approximate surface area is 148 Å². The Bertz CT molecular complexity index is 779. The summed E-state index contributed by atoms with van der Waals surface area (Å²) >= 11 is 0. The summed E-state index contributed by atoms with van der Waals surface area (Å²) in [4.78, 5) is 4.34. The first-order valence-electron chi connectivity index (χ1n) is 8.88. The van der Waals surface area contributed by atoms with Crippen molar-refractivity contribution in [1.82, 2.24) is 24.7 Å². The second kappa shape index (κ2) is 6.66. The third-order valence-corrected chi connectivity index (χ3v) is 5.33. The fourth-order valence-corrected chi connectivity index (χ4v) is 4.05. The summed E-state index contributed by atoms with van der Waals surface area (Å²) in [5.74, 6) is -0.602. The monoisotopic (exact) mass is 370 g/mol. The van der Waals surface area contributed by atoms with Crippen LogP contribution in [0, 0.1) is 0 Å². The molecule has 0 saturated carbocycles. The van der Waals surface area contributed by atoms with Crippen LogP contribution in [0.25, 0.3) is 5.65 Å². The van der Waals surface area contributed by atoms with Gasteiger partial charge in [-0.05, 0) is 44.4 Å². The zero-order valence-electron chi connectivity index (χ0n) is 14.2. The van der Waals surface area contributed by atoms with E-state index < -0.39 is 12.0 Å². The summed E-state index contributed by atoms with van der Waals surface area (Å²) in [7, 11) is 0. The van der Waals surface area contributed by atoms with Crippen LogP contribution in [-0.4, -0.2) is 68.1 Å². The van der Waals surface area contributed by atoms with Crippen molar-refractivity contribution >= 4 is 11.5 Å². The first kappa shape index (κ1) is 17.5. The molecule has 2 unspecified atom stereocenters. The van der Waals surface area contributed by atoms with E-state index >= 15 is 0 Å². The predicted octanol–water partition coefficient (Wildman–Crippen LogP) is 1.57. The van der Waals surface area contributed by atoms with Gasteiger partial charge in [-0.2, -0.15) is 17.7 Å². The van der Waals surface area contributed by atoms with E-state index in [1.807, 2.05) is 0 Å². The Balaban J connectivity index is 1.59. The number of alkyl halides is 3. The van der Waals surface area contributed by atoms with Gasteiger partial charge in [0.25, 0.3) is 5.82 Å². The number of aromatic nitrogens is 4. The molecule has 0 radical (unpaired) electrons. The normalized spacial score (nSPS) is 24.8. The highest BCUT2D eigenvalue weighted by atomic mass is 19.4. The lowest BCUT2D eigenvalue weighted by molar-refractivity contribution is -0.146. The van der Waals surface area contributed by atoms with Crippen LogP contribution in [0.3, 0.4) is 0 Å². The topological polar surface area (TPSA) is 69.8 Å². The molecule has 0 amide bonds. The van der Waals surface area contributed by atoms with Crippen molar-refractivity contribution in [3.05, 3.63) is 18.0 Å². The number of hydrogen-bond acceptors (Lipinski definition) is 6. The number of fused-ring (bicyclic) bond motifs is 1. The van der Waals surface area contributed by atoms with E-state index in [0.717, 1.165) is 49.8 Å². The van der Waals surface area contributed by atoms with Crippen LogP contribution in [0.2, 0.25) is 0 Å². The van der Waals surface area contributed by atoms with Crippen molar-refractivity contribution in [2.45, 2.75) is 43.9 Å². The predicted molar refractivity (Wildman–Crippen MR) is 87.8 cm³/mol. The maximum Gasteiger partial charge on any atom is 0.453 e. The van der Waals surface area contributed by atoms with Crippen LogP contribution >= 0.6 is 0 Å². The number of halogens is 3. The average molecular weight is 370 g/mol. The van der Waals surface area contributed by atoms with Gasteiger partial charge in [-0.15, -0.1) is 15.3 Å². The average Bonchev–Trinajstić information content (AvgIpc) is 3.32. The van der Waals surface area contributed by atoms with Crippen molar-refractivity contribution in [2.24, 2.45) is 0 Å². The molecule has 2 atom stereocenters. The van der Waals surface area contributed by atoms with Gasteiger partial charge in [-0.1, -0.05) is 0 Å². The zero-order valence-corrected chi connectivity index (χ0v) is 14.2. The molecule has 2 aliphatic rings. The lowest BCUT2D eigenvalue weighted by Gasteiger charge is -2.31. The molecule has 0 aliphatic carbocycles. The highest BCUT2D eigenvalue weighted by Crippen LogP contribution is 2.30. The van der Waals surface area contributed by atoms with Crippen LogP contribution in [0.1, 0.15) is 31.5 Å². The molecular weight excluding hydrogens is 349 g/mol. The van der Waals surface area contributed by atoms with Gasteiger partial charge in [-0.25, -0.2) is 0 Å². The lowest BCUT2D eigenvalue weighted by Crippen LogP contribution is -2.43. The molecule has 0 aromatic carbocycles. The lowest BCUT2D eigenvalue weighted by atomic mass is 10.2. The number of hydrogen-bond donors (Lipinski definition) is 1. The van der Waals surface area contributed by atoms with Crippen LogP contribution in [0.15, 0.2) is 12.1 Å². The molecule has 0 spiro atoms. The van der Waals surface area contributed by atoms with Crippen molar-refractivity contribution in [3.63, 3.8) is 0 Å². The van der Waals surface area contributed by atoms with Gasteiger partial charge >= 0.3 is 6.18 Å². The molecule has 2 aliphatic heterocycles. The quantitative estimate of drug-likeness (QED) is 0.881. The second-order valence-electron chi connectivity index (χ2n) is 6.95. The standard InChI is InChI=1S/C16H21F3N6O/c17-16(18,19)15-21-20-13-5-6-14(22-25(13)15)24-8-2-3-11(24)9-23-7-1-4-12(23)10-26/h5-6,11-12,26H,1-4,7-10H2. The van der Waals surface area contributed by atoms with Gasteiger partial charge in [0.05, 0.1) is 6.61 Å². The molecule has 4 heterocycles. The minimum atomic E-state index is -4.60. The molecule has 142 valence electrons. The van der Waals surface area contributed by atoms with E-state index in [1.54, 1.807) is 6.07 Å². The van der Waals surface area contributed by atoms with E-state index in [0.29, 0.717) is 5.82 Å². The number of nitrogens with zero attached hydrogens (tertiary/aromatic N) is 6. The summed E-state index contributed by atoms with van der Waals surface area (Å²) < 4.78 is 40.0. The van der Waals surface area contributed by atoms with Crippen LogP contribution in [0.4, 0.5) is 19.0 Å².